The van der Waals surface area contributed by atoms with E-state index in [1.165, 1.54) is 9.80 Å². The normalized spacial score (nSPS) is 25.8. The van der Waals surface area contributed by atoms with Gasteiger partial charge in [-0.2, -0.15) is 0 Å². The van der Waals surface area contributed by atoms with Gasteiger partial charge in [0.2, 0.25) is 11.8 Å². The molecule has 1 spiro atoms. The molecule has 5 rings (SSSR count). The van der Waals surface area contributed by atoms with Gasteiger partial charge >= 0.3 is 5.97 Å². The molecular weight excluding hydrogens is 610 g/mol. The Hall–Kier alpha value is -3.99. The Kier molecular flexibility index (Phi) is 10.3. The molecule has 0 unspecified atom stereocenters. The number of nitrogens with one attached hydrogen (secondary N) is 1. The Morgan fingerprint density at radius 1 is 1.17 bits per heavy atom. The lowest BCUT2D eigenvalue weighted by atomic mass is 9.70. The number of aliphatic hydroxyl groups is 1. The molecule has 3 aliphatic heterocycles. The number of aliphatic hydroxyl groups excluding tert-OH is 1. The third kappa shape index (κ3) is 6.21. The summed E-state index contributed by atoms with van der Waals surface area (Å²) in [4.78, 5) is 58.2. The molecule has 0 aromatic heterocycles. The monoisotopic (exact) mass is 649 g/mol. The summed E-state index contributed by atoms with van der Waals surface area (Å²) in [6, 6.07) is 13.5. The number of likely N-dealkylation sites (tertiary alicyclic amines) is 1. The number of esters is 1. The van der Waals surface area contributed by atoms with Crippen LogP contribution in [0.15, 0.2) is 79.9 Å². The molecule has 2 bridgehead atoms. The molecule has 10 nitrogen and oxygen atoms in total. The van der Waals surface area contributed by atoms with Crippen LogP contribution in [-0.4, -0.2) is 77.2 Å². The second-order valence-electron chi connectivity index (χ2n) is 12.0. The number of hydrogen-bond acceptors (Lipinski definition) is 7. The van der Waals surface area contributed by atoms with E-state index in [1.54, 1.807) is 43.3 Å². The number of benzene rings is 2. The highest BCUT2D eigenvalue weighted by atomic mass is 35.5. The number of carbonyl (C=O) groups is 4. The Labute approximate surface area is 274 Å². The molecule has 0 radical (unpaired) electrons. The van der Waals surface area contributed by atoms with Crippen molar-refractivity contribution in [1.82, 2.24) is 10.2 Å². The SMILES string of the molecule is C=CCCC(=O)OC[C@@H](NC(=O)[C@@H]1[C@H]2C(=O)N([C@H](C)CO)[C@H](C(=O)N(CC=C)c3ccc(Cl)cc3)[C@]23CC[C@H]1O3)c1ccccc1. The van der Waals surface area contributed by atoms with Crippen LogP contribution in [0, 0.1) is 11.8 Å². The zero-order valence-electron chi connectivity index (χ0n) is 25.8. The Bertz CT molecular complexity index is 1470. The van der Waals surface area contributed by atoms with Gasteiger partial charge in [0.25, 0.3) is 5.91 Å². The number of rotatable bonds is 14. The molecule has 3 amide bonds. The van der Waals surface area contributed by atoms with Crippen LogP contribution < -0.4 is 10.2 Å². The van der Waals surface area contributed by atoms with Crippen LogP contribution >= 0.6 is 11.6 Å². The fourth-order valence-electron chi connectivity index (χ4n) is 7.10. The minimum absolute atomic E-state index is 0.0971. The van der Waals surface area contributed by atoms with Gasteiger partial charge in [-0.15, -0.1) is 13.2 Å². The van der Waals surface area contributed by atoms with Gasteiger partial charge in [0.15, 0.2) is 0 Å². The van der Waals surface area contributed by atoms with Crippen LogP contribution in [0.5, 0.6) is 0 Å². The second-order valence-corrected chi connectivity index (χ2v) is 12.5. The van der Waals surface area contributed by atoms with Crippen molar-refractivity contribution in [3.05, 3.63) is 90.5 Å². The number of ether oxygens (including phenoxy) is 2. The number of fused-ring (bicyclic) bond motifs is 1. The third-order valence-corrected chi connectivity index (χ3v) is 9.46. The van der Waals surface area contributed by atoms with Crippen molar-refractivity contribution in [2.75, 3.05) is 24.7 Å². The predicted molar refractivity (Wildman–Crippen MR) is 173 cm³/mol. The molecule has 2 N–H and O–H groups in total. The zero-order valence-corrected chi connectivity index (χ0v) is 26.6. The number of allylic oxidation sites excluding steroid dienone is 1. The second kappa shape index (κ2) is 14.2. The van der Waals surface area contributed by atoms with E-state index in [2.05, 4.69) is 18.5 Å². The van der Waals surface area contributed by atoms with Gasteiger partial charge in [0.1, 0.15) is 18.2 Å². The van der Waals surface area contributed by atoms with Crippen LogP contribution in [0.25, 0.3) is 0 Å². The van der Waals surface area contributed by atoms with Crippen LogP contribution in [-0.2, 0) is 28.7 Å². The lowest BCUT2D eigenvalue weighted by molar-refractivity contribution is -0.146. The van der Waals surface area contributed by atoms with Gasteiger partial charge < -0.3 is 29.7 Å². The van der Waals surface area contributed by atoms with Crippen molar-refractivity contribution >= 4 is 41.0 Å². The molecule has 46 heavy (non-hydrogen) atoms. The highest BCUT2D eigenvalue weighted by Gasteiger charge is 2.75. The van der Waals surface area contributed by atoms with Crippen molar-refractivity contribution in [3.63, 3.8) is 0 Å². The van der Waals surface area contributed by atoms with Gasteiger partial charge in [0.05, 0.1) is 36.6 Å². The summed E-state index contributed by atoms with van der Waals surface area (Å²) in [5.74, 6) is -3.48. The maximum atomic E-state index is 14.5. The average molecular weight is 650 g/mol. The van der Waals surface area contributed by atoms with E-state index in [0.29, 0.717) is 30.0 Å². The van der Waals surface area contributed by atoms with Gasteiger partial charge in [0, 0.05) is 23.7 Å². The van der Waals surface area contributed by atoms with E-state index in [9.17, 15) is 24.3 Å². The first-order chi connectivity index (χ1) is 22.2. The minimum atomic E-state index is -1.27. The van der Waals surface area contributed by atoms with Crippen LogP contribution in [0.2, 0.25) is 5.02 Å². The highest BCUT2D eigenvalue weighted by Crippen LogP contribution is 2.59. The summed E-state index contributed by atoms with van der Waals surface area (Å²) in [7, 11) is 0. The number of amides is 3. The molecule has 3 fully saturated rings. The first-order valence-corrected chi connectivity index (χ1v) is 15.9. The molecule has 3 saturated heterocycles. The van der Waals surface area contributed by atoms with E-state index >= 15 is 0 Å². The van der Waals surface area contributed by atoms with E-state index in [0.717, 1.165) is 5.56 Å². The largest absolute Gasteiger partial charge is 0.463 e. The van der Waals surface area contributed by atoms with Crippen molar-refractivity contribution in [2.24, 2.45) is 11.8 Å². The van der Waals surface area contributed by atoms with Crippen molar-refractivity contribution in [1.29, 1.82) is 0 Å². The zero-order chi connectivity index (χ0) is 33.0. The average Bonchev–Trinajstić information content (AvgIpc) is 3.72. The smallest absolute Gasteiger partial charge is 0.306 e. The molecule has 2 aromatic carbocycles. The molecule has 244 valence electrons. The molecule has 11 heteroatoms. The van der Waals surface area contributed by atoms with Crippen LogP contribution in [0.3, 0.4) is 0 Å². The molecule has 2 aromatic rings. The first kappa shape index (κ1) is 33.4. The van der Waals surface area contributed by atoms with Crippen molar-refractivity contribution < 1.29 is 33.8 Å². The number of hydrogen-bond donors (Lipinski definition) is 2. The lowest BCUT2D eigenvalue weighted by Crippen LogP contribution is -2.58. The summed E-state index contributed by atoms with van der Waals surface area (Å²) in [5, 5.41) is 13.7. The number of carbonyl (C=O) groups excluding carboxylic acids is 4. The van der Waals surface area contributed by atoms with Crippen molar-refractivity contribution in [2.45, 2.75) is 62.4 Å². The molecule has 3 aliphatic rings. The summed E-state index contributed by atoms with van der Waals surface area (Å²) < 4.78 is 12.1. The number of nitrogens with zero attached hydrogens (tertiary/aromatic N) is 2. The third-order valence-electron chi connectivity index (χ3n) is 9.21. The van der Waals surface area contributed by atoms with Crippen LogP contribution in [0.1, 0.15) is 44.2 Å². The summed E-state index contributed by atoms with van der Waals surface area (Å²) in [6.07, 6.45) is 4.15. The Balaban J connectivity index is 1.46. The Morgan fingerprint density at radius 3 is 2.54 bits per heavy atom. The van der Waals surface area contributed by atoms with Gasteiger partial charge in [-0.3, -0.25) is 19.2 Å². The Morgan fingerprint density at radius 2 is 1.89 bits per heavy atom. The van der Waals surface area contributed by atoms with Gasteiger partial charge in [-0.05, 0) is 56.0 Å². The number of halogens is 1. The van der Waals surface area contributed by atoms with E-state index in [1.807, 2.05) is 30.3 Å². The highest BCUT2D eigenvalue weighted by molar-refractivity contribution is 6.30. The van der Waals surface area contributed by atoms with Crippen LogP contribution in [0.4, 0.5) is 5.69 Å². The van der Waals surface area contributed by atoms with Gasteiger partial charge in [-0.1, -0.05) is 54.1 Å². The predicted octanol–water partition coefficient (Wildman–Crippen LogP) is 3.98. The van der Waals surface area contributed by atoms with Crippen molar-refractivity contribution in [3.8, 4) is 0 Å². The fraction of sp³-hybridized carbons (Fsp3) is 0.429. The molecular formula is C35H40ClN3O7. The summed E-state index contributed by atoms with van der Waals surface area (Å²) in [5.41, 5.74) is 0.0269. The van der Waals surface area contributed by atoms with Gasteiger partial charge in [-0.25, -0.2) is 0 Å². The molecule has 0 saturated carbocycles. The number of anilines is 1. The molecule has 0 aliphatic carbocycles. The summed E-state index contributed by atoms with van der Waals surface area (Å²) in [6.45, 7) is 8.80. The topological polar surface area (TPSA) is 125 Å². The quantitative estimate of drug-likeness (QED) is 0.234. The van der Waals surface area contributed by atoms with E-state index in [4.69, 9.17) is 21.1 Å². The minimum Gasteiger partial charge on any atom is -0.463 e. The maximum Gasteiger partial charge on any atom is 0.306 e. The first-order valence-electron chi connectivity index (χ1n) is 15.6. The standard InChI is InChI=1S/C35H40ClN3O7/c1-4-6-12-28(41)45-21-26(23-10-8-7-9-11-23)37-32(42)29-27-17-18-35(46-27)30(29)33(43)39(22(3)20-40)31(35)34(44)38(19-5-2)25-15-13-24(36)14-16-25/h4-5,7-11,13-16,22,26-27,29-31,40H,1-2,6,12,17-21H2,3H3,(H,37,42)/t22-,26-,27-,29+,30+,31-,35+/m1/s1. The summed E-state index contributed by atoms with van der Waals surface area (Å²) >= 11 is 6.11. The lowest BCUT2D eigenvalue weighted by Gasteiger charge is -2.38. The molecule has 3 heterocycles. The van der Waals surface area contributed by atoms with E-state index < -0.39 is 65.4 Å². The fourth-order valence-corrected chi connectivity index (χ4v) is 7.22. The maximum absolute atomic E-state index is 14.5. The molecule has 7 atom stereocenters. The van der Waals surface area contributed by atoms with E-state index in [-0.39, 0.29) is 26.2 Å².